The van der Waals surface area contributed by atoms with Gasteiger partial charge < -0.3 is 9.47 Å². The van der Waals surface area contributed by atoms with E-state index < -0.39 is 0 Å². The van der Waals surface area contributed by atoms with Crippen molar-refractivity contribution in [2.24, 2.45) is 0 Å². The summed E-state index contributed by atoms with van der Waals surface area (Å²) in [4.78, 5) is 0. The summed E-state index contributed by atoms with van der Waals surface area (Å²) in [6.07, 6.45) is 2.26. The van der Waals surface area contributed by atoms with Gasteiger partial charge in [-0.05, 0) is 25.0 Å². The van der Waals surface area contributed by atoms with Crippen LogP contribution in [0.15, 0.2) is 36.4 Å². The molecular formula is C18H16F2O2. The van der Waals surface area contributed by atoms with Crippen LogP contribution in [0.4, 0.5) is 8.78 Å². The third-order valence-electron chi connectivity index (χ3n) is 4.37. The molecule has 0 aliphatic carbocycles. The van der Waals surface area contributed by atoms with E-state index in [1.165, 1.54) is 12.1 Å². The smallest absolute Gasteiger partial charge is 0.165 e. The van der Waals surface area contributed by atoms with Crippen molar-refractivity contribution in [3.05, 3.63) is 59.2 Å². The van der Waals surface area contributed by atoms with Crippen molar-refractivity contribution in [3.8, 4) is 11.5 Å². The Kier molecular flexibility index (Phi) is 3.25. The number of rotatable bonds is 0. The summed E-state index contributed by atoms with van der Waals surface area (Å²) in [5.41, 5.74) is 1.57. The van der Waals surface area contributed by atoms with Crippen LogP contribution in [-0.2, 0) is 12.8 Å². The van der Waals surface area contributed by atoms with Crippen molar-refractivity contribution in [1.29, 1.82) is 0 Å². The molecule has 2 heterocycles. The molecule has 0 unspecified atom stereocenters. The minimum atomic E-state index is -0.344. The van der Waals surface area contributed by atoms with Gasteiger partial charge >= 0.3 is 0 Å². The van der Waals surface area contributed by atoms with E-state index >= 15 is 0 Å². The monoisotopic (exact) mass is 302 g/mol. The van der Waals surface area contributed by atoms with E-state index in [1.54, 1.807) is 12.1 Å². The highest BCUT2D eigenvalue weighted by molar-refractivity contribution is 5.39. The lowest BCUT2D eigenvalue weighted by Gasteiger charge is -2.32. The van der Waals surface area contributed by atoms with Crippen LogP contribution in [0.25, 0.3) is 0 Å². The molecule has 2 aliphatic heterocycles. The van der Waals surface area contributed by atoms with Gasteiger partial charge in [-0.2, -0.15) is 0 Å². The Balaban J connectivity index is 1.79. The van der Waals surface area contributed by atoms with Crippen LogP contribution in [0.3, 0.4) is 0 Å². The Labute approximate surface area is 127 Å². The molecule has 4 rings (SSSR count). The van der Waals surface area contributed by atoms with Crippen molar-refractivity contribution in [3.63, 3.8) is 0 Å². The second kappa shape index (κ2) is 5.27. The molecular weight excluding hydrogens is 286 g/mol. The number of hydrogen-bond donors (Lipinski definition) is 0. The number of ether oxygens (including phenoxy) is 2. The van der Waals surface area contributed by atoms with E-state index in [0.717, 1.165) is 24.0 Å². The SMILES string of the molecule is Fc1cccc2c1O[C@@H]1CC[C@H](C2)Oc2c(F)cccc2C1. The zero-order valence-corrected chi connectivity index (χ0v) is 12.0. The van der Waals surface area contributed by atoms with Gasteiger partial charge in [-0.15, -0.1) is 0 Å². The predicted octanol–water partition coefficient (Wildman–Crippen LogP) is 4.05. The van der Waals surface area contributed by atoms with Crippen molar-refractivity contribution >= 4 is 0 Å². The van der Waals surface area contributed by atoms with Crippen molar-refractivity contribution in [1.82, 2.24) is 0 Å². The van der Waals surface area contributed by atoms with Crippen molar-refractivity contribution < 1.29 is 18.3 Å². The van der Waals surface area contributed by atoms with E-state index in [2.05, 4.69) is 0 Å². The summed E-state index contributed by atoms with van der Waals surface area (Å²) in [5, 5.41) is 0. The summed E-state index contributed by atoms with van der Waals surface area (Å²) < 4.78 is 40.0. The molecule has 2 bridgehead atoms. The summed E-state index contributed by atoms with van der Waals surface area (Å²) in [6, 6.07) is 9.86. The fourth-order valence-corrected chi connectivity index (χ4v) is 3.29. The molecule has 0 saturated heterocycles. The molecule has 0 radical (unpaired) electrons. The van der Waals surface area contributed by atoms with Crippen LogP contribution in [0.2, 0.25) is 0 Å². The standard InChI is InChI=1S/C18H16F2O2/c19-15-5-1-3-11-9-13-7-8-14(21-17(11)15)10-12-4-2-6-16(20)18(12)22-13/h1-6,13-14H,7-10H2/t13-,14-/m1/s1. The molecule has 0 saturated carbocycles. The second-order valence-corrected chi connectivity index (χ2v) is 5.92. The number of benzene rings is 2. The van der Waals surface area contributed by atoms with Crippen LogP contribution in [0, 0.1) is 11.6 Å². The Morgan fingerprint density at radius 3 is 1.64 bits per heavy atom. The topological polar surface area (TPSA) is 18.5 Å². The number of halogens is 2. The maximum Gasteiger partial charge on any atom is 0.165 e. The van der Waals surface area contributed by atoms with Gasteiger partial charge in [0.25, 0.3) is 0 Å². The highest BCUT2D eigenvalue weighted by atomic mass is 19.1. The molecule has 22 heavy (non-hydrogen) atoms. The molecule has 0 amide bonds. The fraction of sp³-hybridized carbons (Fsp3) is 0.333. The molecule has 114 valence electrons. The van der Waals surface area contributed by atoms with E-state index in [0.29, 0.717) is 24.3 Å². The maximum absolute atomic E-state index is 14.1. The molecule has 0 aromatic heterocycles. The third-order valence-corrected chi connectivity index (χ3v) is 4.37. The lowest BCUT2D eigenvalue weighted by molar-refractivity contribution is 0.106. The van der Waals surface area contributed by atoms with Gasteiger partial charge in [-0.1, -0.05) is 24.3 Å². The van der Waals surface area contributed by atoms with Crippen LogP contribution in [0.1, 0.15) is 24.0 Å². The average Bonchev–Trinajstić information content (AvgIpc) is 2.47. The van der Waals surface area contributed by atoms with Gasteiger partial charge in [-0.3, -0.25) is 0 Å². The molecule has 0 N–H and O–H groups in total. The molecule has 2 aliphatic rings. The number of fused-ring (bicyclic) bond motifs is 5. The van der Waals surface area contributed by atoms with Crippen LogP contribution < -0.4 is 9.47 Å². The highest BCUT2D eigenvalue weighted by Gasteiger charge is 2.29. The second-order valence-electron chi connectivity index (χ2n) is 5.92. The van der Waals surface area contributed by atoms with Gasteiger partial charge in [-0.25, -0.2) is 8.78 Å². The quantitative estimate of drug-likeness (QED) is 0.731. The summed E-state index contributed by atoms with van der Waals surface area (Å²) in [5.74, 6) is -0.0484. The molecule has 2 nitrogen and oxygen atoms in total. The lowest BCUT2D eigenvalue weighted by atomic mass is 9.94. The zero-order valence-electron chi connectivity index (χ0n) is 12.0. The molecule has 0 spiro atoms. The first-order chi connectivity index (χ1) is 10.7. The van der Waals surface area contributed by atoms with Gasteiger partial charge in [0.1, 0.15) is 12.2 Å². The van der Waals surface area contributed by atoms with Crippen LogP contribution in [-0.4, -0.2) is 12.2 Å². The van der Waals surface area contributed by atoms with E-state index in [-0.39, 0.29) is 23.8 Å². The summed E-state index contributed by atoms with van der Waals surface area (Å²) in [6.45, 7) is 0. The molecule has 2 aromatic carbocycles. The predicted molar refractivity (Wildman–Crippen MR) is 78.3 cm³/mol. The third kappa shape index (κ3) is 2.32. The van der Waals surface area contributed by atoms with Crippen LogP contribution in [0.5, 0.6) is 11.5 Å². The first-order valence-electron chi connectivity index (χ1n) is 7.59. The Hall–Kier alpha value is -2.10. The fourth-order valence-electron chi connectivity index (χ4n) is 3.29. The van der Waals surface area contributed by atoms with Gasteiger partial charge in [0, 0.05) is 24.0 Å². The van der Waals surface area contributed by atoms with Gasteiger partial charge in [0.15, 0.2) is 23.1 Å². The average molecular weight is 302 g/mol. The van der Waals surface area contributed by atoms with E-state index in [9.17, 15) is 8.78 Å². The minimum Gasteiger partial charge on any atom is -0.487 e. The summed E-state index contributed by atoms with van der Waals surface area (Å²) >= 11 is 0. The molecule has 2 atom stereocenters. The van der Waals surface area contributed by atoms with Crippen molar-refractivity contribution in [2.75, 3.05) is 0 Å². The molecule has 0 fully saturated rings. The largest absolute Gasteiger partial charge is 0.487 e. The molecule has 2 aromatic rings. The van der Waals surface area contributed by atoms with E-state index in [1.807, 2.05) is 12.1 Å². The Bertz CT molecular complexity index is 653. The molecule has 4 heteroatoms. The van der Waals surface area contributed by atoms with E-state index in [4.69, 9.17) is 9.47 Å². The summed E-state index contributed by atoms with van der Waals surface area (Å²) in [7, 11) is 0. The highest BCUT2D eigenvalue weighted by Crippen LogP contribution is 2.36. The van der Waals surface area contributed by atoms with Gasteiger partial charge in [0.05, 0.1) is 0 Å². The number of hydrogen-bond acceptors (Lipinski definition) is 2. The maximum atomic E-state index is 14.1. The van der Waals surface area contributed by atoms with Gasteiger partial charge in [0.2, 0.25) is 0 Å². The zero-order chi connectivity index (χ0) is 15.1. The first kappa shape index (κ1) is 13.6. The minimum absolute atomic E-state index is 0.164. The lowest BCUT2D eigenvalue weighted by Crippen LogP contribution is -2.32. The number of para-hydroxylation sites is 2. The normalized spacial score (nSPS) is 23.0. The first-order valence-corrected chi connectivity index (χ1v) is 7.59. The Morgan fingerprint density at radius 2 is 1.18 bits per heavy atom. The van der Waals surface area contributed by atoms with Crippen LogP contribution >= 0.6 is 0 Å². The Morgan fingerprint density at radius 1 is 0.727 bits per heavy atom. The van der Waals surface area contributed by atoms with Crippen molar-refractivity contribution in [2.45, 2.75) is 37.9 Å².